The van der Waals surface area contributed by atoms with Gasteiger partial charge in [-0.2, -0.15) is 50.5 Å². The average molecular weight is 743 g/mol. The molecule has 274 valence electrons. The van der Waals surface area contributed by atoms with Gasteiger partial charge in [-0.05, 0) is 61.8 Å². The van der Waals surface area contributed by atoms with E-state index >= 15 is 0 Å². The van der Waals surface area contributed by atoms with E-state index in [1.807, 2.05) is 18.2 Å². The van der Waals surface area contributed by atoms with Crippen LogP contribution >= 0.6 is 50.5 Å². The second-order valence-corrected chi connectivity index (χ2v) is 17.3. The highest BCUT2D eigenvalue weighted by Gasteiger charge is 2.37. The molecule has 0 aromatic heterocycles. The quantitative estimate of drug-likeness (QED) is 0.160. The Morgan fingerprint density at radius 3 is 1.23 bits per heavy atom. The van der Waals surface area contributed by atoms with Gasteiger partial charge in [0.15, 0.2) is 38.7 Å². The van der Waals surface area contributed by atoms with Crippen molar-refractivity contribution in [1.82, 2.24) is 0 Å². The Kier molecular flexibility index (Phi) is 18.0. The molecule has 4 unspecified atom stereocenters. The first kappa shape index (κ1) is 39.6. The third-order valence-corrected chi connectivity index (χ3v) is 13.5. The zero-order valence-corrected chi connectivity index (χ0v) is 32.4. The van der Waals surface area contributed by atoms with Gasteiger partial charge in [-0.15, -0.1) is 0 Å². The summed E-state index contributed by atoms with van der Waals surface area (Å²) in [5, 5.41) is 1.15. The van der Waals surface area contributed by atoms with E-state index in [-0.39, 0.29) is 30.4 Å². The monoisotopic (exact) mass is 742 g/mol. The average Bonchev–Trinajstić information content (AvgIpc) is 3.13. The molecule has 5 fully saturated rings. The Morgan fingerprint density at radius 2 is 0.854 bits per heavy atom. The van der Waals surface area contributed by atoms with E-state index in [1.54, 1.807) is 0 Å². The predicted molar refractivity (Wildman–Crippen MR) is 206 cm³/mol. The molecule has 4 atom stereocenters. The van der Waals surface area contributed by atoms with Gasteiger partial charge in [-0.3, -0.25) is 0 Å². The summed E-state index contributed by atoms with van der Waals surface area (Å²) in [5.74, 6) is 2.07. The van der Waals surface area contributed by atoms with E-state index < -0.39 is 0 Å². The van der Waals surface area contributed by atoms with Gasteiger partial charge in [0.1, 0.15) is 0 Å². The van der Waals surface area contributed by atoms with Gasteiger partial charge < -0.3 is 28.4 Å². The maximum Gasteiger partial charge on any atom is 0.164 e. The van der Waals surface area contributed by atoms with Crippen molar-refractivity contribution in [1.29, 1.82) is 0 Å². The molecule has 2 heterocycles. The molecule has 5 aliphatic rings. The van der Waals surface area contributed by atoms with Crippen LogP contribution in [0.15, 0.2) is 30.3 Å². The summed E-state index contributed by atoms with van der Waals surface area (Å²) >= 11 is 19.6. The fourth-order valence-corrected chi connectivity index (χ4v) is 9.88. The van der Waals surface area contributed by atoms with E-state index in [0.29, 0.717) is 47.1 Å². The highest BCUT2D eigenvalue weighted by molar-refractivity contribution is 7.81. The van der Waals surface area contributed by atoms with E-state index in [4.69, 9.17) is 66.3 Å². The van der Waals surface area contributed by atoms with E-state index in [9.17, 15) is 0 Å². The zero-order valence-electron chi connectivity index (χ0n) is 28.8. The van der Waals surface area contributed by atoms with Crippen LogP contribution in [-0.2, 0) is 28.4 Å². The van der Waals surface area contributed by atoms with Crippen LogP contribution in [0.4, 0.5) is 0 Å². The fourth-order valence-electron chi connectivity index (χ4n) is 8.12. The normalized spacial score (nSPS) is 29.7. The van der Waals surface area contributed by atoms with Crippen molar-refractivity contribution >= 4 is 50.5 Å². The van der Waals surface area contributed by atoms with Gasteiger partial charge in [-0.1, -0.05) is 88.1 Å². The fraction of sp³-hybridized carbons (Fsp3) is 0.842. The SMILES string of the molecule is SC(CC1OC(CC(S)C2CCCCC2)OC(CC(S)C2CCCCC2)O1)C1CCCCC1.SC(CC1OCOCO1)c1ccccc1. The molecule has 0 amide bonds. The number of hydrogen-bond acceptors (Lipinski definition) is 10. The largest absolute Gasteiger partial charge is 0.329 e. The number of rotatable bonds is 12. The summed E-state index contributed by atoms with van der Waals surface area (Å²) in [7, 11) is 0. The van der Waals surface area contributed by atoms with E-state index in [2.05, 4.69) is 24.8 Å². The highest BCUT2D eigenvalue weighted by Crippen LogP contribution is 2.38. The van der Waals surface area contributed by atoms with Gasteiger partial charge >= 0.3 is 0 Å². The molecule has 6 nitrogen and oxygen atoms in total. The second kappa shape index (κ2) is 21.8. The van der Waals surface area contributed by atoms with Gasteiger partial charge in [0.2, 0.25) is 0 Å². The third kappa shape index (κ3) is 13.4. The zero-order chi connectivity index (χ0) is 33.6. The Balaban J connectivity index is 0.000000250. The molecule has 3 aliphatic carbocycles. The smallest absolute Gasteiger partial charge is 0.164 e. The summed E-state index contributed by atoms with van der Waals surface area (Å²) in [6.45, 7) is 0.611. The minimum atomic E-state index is -0.225. The Bertz CT molecular complexity index is 903. The van der Waals surface area contributed by atoms with Crippen molar-refractivity contribution in [3.63, 3.8) is 0 Å². The van der Waals surface area contributed by atoms with Crippen molar-refractivity contribution < 1.29 is 28.4 Å². The molecule has 0 bridgehead atoms. The summed E-state index contributed by atoms with van der Waals surface area (Å²) in [4.78, 5) is 0. The van der Waals surface area contributed by atoms with Crippen LogP contribution in [0.5, 0.6) is 0 Å². The Morgan fingerprint density at radius 1 is 0.479 bits per heavy atom. The maximum absolute atomic E-state index is 6.40. The Hall–Kier alpha value is 0.380. The molecular weight excluding hydrogens is 681 g/mol. The molecule has 1 aromatic rings. The highest BCUT2D eigenvalue weighted by atomic mass is 32.1. The first-order chi connectivity index (χ1) is 23.4. The molecule has 48 heavy (non-hydrogen) atoms. The van der Waals surface area contributed by atoms with Crippen LogP contribution in [0.3, 0.4) is 0 Å². The van der Waals surface area contributed by atoms with Crippen molar-refractivity contribution in [3.8, 4) is 0 Å². The third-order valence-electron chi connectivity index (χ3n) is 11.1. The lowest BCUT2D eigenvalue weighted by Crippen LogP contribution is -2.45. The summed E-state index contributed by atoms with van der Waals surface area (Å²) in [6, 6.07) is 10.1. The van der Waals surface area contributed by atoms with Crippen LogP contribution in [0.25, 0.3) is 0 Å². The number of hydrogen-bond donors (Lipinski definition) is 4. The van der Waals surface area contributed by atoms with Gasteiger partial charge in [-0.25, -0.2) is 0 Å². The molecule has 2 aliphatic heterocycles. The molecule has 3 saturated carbocycles. The van der Waals surface area contributed by atoms with Gasteiger partial charge in [0, 0.05) is 46.7 Å². The molecule has 0 radical (unpaired) electrons. The molecule has 6 rings (SSSR count). The number of thiol groups is 4. The van der Waals surface area contributed by atoms with Crippen LogP contribution < -0.4 is 0 Å². The van der Waals surface area contributed by atoms with Crippen LogP contribution in [0.2, 0.25) is 0 Å². The van der Waals surface area contributed by atoms with E-state index in [1.165, 1.54) is 102 Å². The first-order valence-corrected chi connectivity index (χ1v) is 21.1. The second-order valence-electron chi connectivity index (χ2n) is 14.7. The van der Waals surface area contributed by atoms with Crippen molar-refractivity contribution in [3.05, 3.63) is 35.9 Å². The lowest BCUT2D eigenvalue weighted by atomic mass is 9.85. The topological polar surface area (TPSA) is 55.4 Å². The lowest BCUT2D eigenvalue weighted by molar-refractivity contribution is -0.386. The molecule has 10 heteroatoms. The molecule has 2 saturated heterocycles. The summed E-state index contributed by atoms with van der Waals surface area (Å²) in [6.07, 6.45) is 22.4. The number of benzene rings is 1. The maximum atomic E-state index is 6.40. The van der Waals surface area contributed by atoms with Crippen molar-refractivity contribution in [2.75, 3.05) is 13.6 Å². The minimum absolute atomic E-state index is 0.134. The van der Waals surface area contributed by atoms with Crippen LogP contribution in [0.1, 0.15) is 133 Å². The molecular formula is C38H62O6S4. The van der Waals surface area contributed by atoms with Gasteiger partial charge in [0.25, 0.3) is 0 Å². The first-order valence-electron chi connectivity index (χ1n) is 19.0. The predicted octanol–water partition coefficient (Wildman–Crippen LogP) is 10.2. The molecule has 1 aromatic carbocycles. The Labute approximate surface area is 312 Å². The molecule has 0 spiro atoms. The van der Waals surface area contributed by atoms with Crippen molar-refractivity contribution in [2.24, 2.45) is 17.8 Å². The van der Waals surface area contributed by atoms with Crippen LogP contribution in [-0.4, -0.2) is 54.5 Å². The number of ether oxygens (including phenoxy) is 6. The molecule has 0 N–H and O–H groups in total. The van der Waals surface area contributed by atoms with Gasteiger partial charge in [0.05, 0.1) is 0 Å². The summed E-state index contributed by atoms with van der Waals surface area (Å²) < 4.78 is 34.7. The standard InChI is InChI=1S/C27H48O3S3.C11H14O3S/c31-22(19-10-4-1-5-11-19)16-25-28-26(17-23(32)20-12-6-2-7-13-20)30-27(29-25)18-24(33)21-14-8-3-9-15-21;15-10(9-4-2-1-3-5-9)6-11-13-7-12-8-14-11/h19-27,31-33H,1-18H2;1-5,10-11,15H,6-8H2. The minimum Gasteiger partial charge on any atom is -0.329 e. The summed E-state index contributed by atoms with van der Waals surface area (Å²) in [5.41, 5.74) is 1.18. The van der Waals surface area contributed by atoms with Crippen LogP contribution in [0, 0.1) is 17.8 Å². The van der Waals surface area contributed by atoms with E-state index in [0.717, 1.165) is 25.7 Å². The lowest BCUT2D eigenvalue weighted by Gasteiger charge is -2.41. The van der Waals surface area contributed by atoms with Crippen molar-refractivity contribution in [2.45, 2.75) is 168 Å².